The van der Waals surface area contributed by atoms with E-state index in [-0.39, 0.29) is 39.5 Å². The number of carbonyl (C=O) groups is 2. The Morgan fingerprint density at radius 3 is 2.14 bits per heavy atom. The Balaban J connectivity index is 1.82. The van der Waals surface area contributed by atoms with Crippen molar-refractivity contribution in [1.29, 1.82) is 0 Å². The molecule has 0 heterocycles. The van der Waals surface area contributed by atoms with Gasteiger partial charge in [0, 0.05) is 19.5 Å². The van der Waals surface area contributed by atoms with Gasteiger partial charge in [-0.3, -0.25) is 13.9 Å². The molecule has 0 saturated carbocycles. The molecule has 0 fully saturated rings. The molecule has 0 spiro atoms. The summed E-state index contributed by atoms with van der Waals surface area (Å²) in [6.07, 6.45) is 0.238. The highest BCUT2D eigenvalue weighted by Crippen LogP contribution is 2.31. The average Bonchev–Trinajstić information content (AvgIpc) is 3.00. The highest BCUT2D eigenvalue weighted by molar-refractivity contribution is 7.92. The number of aryl methyl sites for hydroxylation is 2. The van der Waals surface area contributed by atoms with Crippen molar-refractivity contribution in [2.45, 2.75) is 44.7 Å². The van der Waals surface area contributed by atoms with Crippen molar-refractivity contribution in [3.63, 3.8) is 0 Å². The molecule has 44 heavy (non-hydrogen) atoms. The summed E-state index contributed by atoms with van der Waals surface area (Å²) in [7, 11) is -4.24. The minimum atomic E-state index is -4.24. The first-order valence-corrected chi connectivity index (χ1v) is 16.4. The average molecular weight is 653 g/mol. The van der Waals surface area contributed by atoms with Crippen LogP contribution in [0.25, 0.3) is 0 Å². The lowest BCUT2D eigenvalue weighted by Gasteiger charge is -2.34. The maximum atomic E-state index is 14.4. The molecule has 4 aromatic carbocycles. The van der Waals surface area contributed by atoms with E-state index in [2.05, 4.69) is 5.32 Å². The molecule has 0 bridgehead atoms. The van der Waals surface area contributed by atoms with Gasteiger partial charge in [-0.25, -0.2) is 8.42 Å². The number of amides is 2. The zero-order chi connectivity index (χ0) is 31.9. The Labute approximate surface area is 269 Å². The maximum Gasteiger partial charge on any atom is 0.264 e. The number of carbonyl (C=O) groups excluding carboxylic acids is 2. The van der Waals surface area contributed by atoms with Gasteiger partial charge in [0.2, 0.25) is 11.8 Å². The van der Waals surface area contributed by atoms with Crippen LogP contribution in [0.15, 0.2) is 102 Å². The van der Waals surface area contributed by atoms with E-state index < -0.39 is 28.5 Å². The molecule has 1 N–H and O–H groups in total. The fraction of sp³-hybridized carbons (Fsp3) is 0.235. The second-order valence-electron chi connectivity index (χ2n) is 10.5. The Bertz CT molecular complexity index is 1710. The lowest BCUT2D eigenvalue weighted by atomic mass is 10.0. The topological polar surface area (TPSA) is 86.8 Å². The second kappa shape index (κ2) is 14.8. The van der Waals surface area contributed by atoms with Crippen molar-refractivity contribution in [3.8, 4) is 0 Å². The number of anilines is 1. The third-order valence-electron chi connectivity index (χ3n) is 7.30. The van der Waals surface area contributed by atoms with Gasteiger partial charge in [0.15, 0.2) is 0 Å². The van der Waals surface area contributed by atoms with Crippen LogP contribution in [0.4, 0.5) is 5.69 Å². The maximum absolute atomic E-state index is 14.4. The minimum Gasteiger partial charge on any atom is -0.355 e. The van der Waals surface area contributed by atoms with Crippen molar-refractivity contribution in [2.24, 2.45) is 0 Å². The van der Waals surface area contributed by atoms with E-state index in [0.717, 1.165) is 26.6 Å². The van der Waals surface area contributed by atoms with Crippen molar-refractivity contribution >= 4 is 50.7 Å². The number of sulfonamides is 1. The monoisotopic (exact) mass is 651 g/mol. The Hall–Kier alpha value is -3.85. The Morgan fingerprint density at radius 2 is 1.50 bits per heavy atom. The molecular formula is C34H35Cl2N3O4S. The molecule has 7 nitrogen and oxygen atoms in total. The molecule has 4 aromatic rings. The van der Waals surface area contributed by atoms with E-state index in [1.54, 1.807) is 12.1 Å². The van der Waals surface area contributed by atoms with Crippen LogP contribution in [0.5, 0.6) is 0 Å². The fourth-order valence-corrected chi connectivity index (χ4v) is 6.52. The van der Waals surface area contributed by atoms with Gasteiger partial charge >= 0.3 is 0 Å². The van der Waals surface area contributed by atoms with Crippen LogP contribution >= 0.6 is 23.2 Å². The van der Waals surface area contributed by atoms with Gasteiger partial charge in [0.25, 0.3) is 10.0 Å². The van der Waals surface area contributed by atoms with Crippen LogP contribution in [-0.4, -0.2) is 44.3 Å². The van der Waals surface area contributed by atoms with Gasteiger partial charge in [-0.1, -0.05) is 95.5 Å². The third-order valence-corrected chi connectivity index (χ3v) is 9.83. The predicted molar refractivity (Wildman–Crippen MR) is 177 cm³/mol. The number of hydrogen-bond donors (Lipinski definition) is 1. The van der Waals surface area contributed by atoms with Crippen molar-refractivity contribution in [2.75, 3.05) is 17.4 Å². The summed E-state index contributed by atoms with van der Waals surface area (Å²) in [5, 5.41) is 3.25. The number of rotatable bonds is 12. The van der Waals surface area contributed by atoms with Crippen molar-refractivity contribution in [1.82, 2.24) is 10.2 Å². The summed E-state index contributed by atoms with van der Waals surface area (Å²) < 4.78 is 29.2. The van der Waals surface area contributed by atoms with Gasteiger partial charge in [-0.15, -0.1) is 0 Å². The van der Waals surface area contributed by atoms with Crippen LogP contribution in [0, 0.1) is 13.8 Å². The van der Waals surface area contributed by atoms with E-state index in [1.165, 1.54) is 35.2 Å². The molecule has 2 amide bonds. The molecule has 0 aromatic heterocycles. The second-order valence-corrected chi connectivity index (χ2v) is 13.1. The predicted octanol–water partition coefficient (Wildman–Crippen LogP) is 6.58. The normalized spacial score (nSPS) is 11.9. The summed E-state index contributed by atoms with van der Waals surface area (Å²) in [5.41, 5.74) is 3.69. The lowest BCUT2D eigenvalue weighted by molar-refractivity contribution is -0.140. The smallest absolute Gasteiger partial charge is 0.264 e. The quantitative estimate of drug-likeness (QED) is 0.187. The standard InChI is InChI=1S/C34H35Cl2N3O4S/c1-4-37-34(41)32(20-26-11-6-5-7-12-26)38(22-27-13-9-8-10-25(27)3)33(40)23-39(28-16-19-30(35)31(36)21-28)44(42,43)29-17-14-24(2)15-18-29/h5-19,21,32H,4,20,22-23H2,1-3H3,(H,37,41)/t32-/m1/s1. The fourth-order valence-electron chi connectivity index (χ4n) is 4.82. The molecule has 0 radical (unpaired) electrons. The van der Waals surface area contributed by atoms with Crippen LogP contribution in [0.3, 0.4) is 0 Å². The first-order valence-electron chi connectivity index (χ1n) is 14.2. The molecule has 10 heteroatoms. The largest absolute Gasteiger partial charge is 0.355 e. The molecular weight excluding hydrogens is 617 g/mol. The summed E-state index contributed by atoms with van der Waals surface area (Å²) >= 11 is 12.5. The number of nitrogens with zero attached hydrogens (tertiary/aromatic N) is 2. The number of likely N-dealkylation sites (N-methyl/N-ethyl adjacent to an activating group) is 1. The summed E-state index contributed by atoms with van der Waals surface area (Å²) in [4.78, 5) is 29.5. The van der Waals surface area contributed by atoms with Crippen molar-refractivity contribution < 1.29 is 18.0 Å². The highest BCUT2D eigenvalue weighted by Gasteiger charge is 2.34. The molecule has 4 rings (SSSR count). The minimum absolute atomic E-state index is 0.0111. The molecule has 0 saturated heterocycles. The Kier molecular flexibility index (Phi) is 11.1. The molecule has 0 aliphatic rings. The molecule has 0 unspecified atom stereocenters. The summed E-state index contributed by atoms with van der Waals surface area (Å²) in [5.74, 6) is -0.886. The van der Waals surface area contributed by atoms with Crippen molar-refractivity contribution in [3.05, 3.63) is 129 Å². The number of benzene rings is 4. The van der Waals surface area contributed by atoms with E-state index in [4.69, 9.17) is 23.2 Å². The summed E-state index contributed by atoms with van der Waals surface area (Å²) in [6, 6.07) is 26.9. The van der Waals surface area contributed by atoms with E-state index in [1.807, 2.05) is 75.4 Å². The first kappa shape index (κ1) is 33.1. The number of halogens is 2. The lowest BCUT2D eigenvalue weighted by Crippen LogP contribution is -2.53. The Morgan fingerprint density at radius 1 is 0.841 bits per heavy atom. The zero-order valence-corrected chi connectivity index (χ0v) is 27.2. The first-order chi connectivity index (χ1) is 21.0. The number of nitrogens with one attached hydrogen (secondary N) is 1. The van der Waals surface area contributed by atoms with Gasteiger partial charge in [-0.05, 0) is 67.8 Å². The molecule has 230 valence electrons. The molecule has 0 aliphatic carbocycles. The van der Waals surface area contributed by atoms with E-state index in [0.29, 0.717) is 6.54 Å². The van der Waals surface area contributed by atoms with Gasteiger partial charge in [-0.2, -0.15) is 0 Å². The highest BCUT2D eigenvalue weighted by atomic mass is 35.5. The number of hydrogen-bond acceptors (Lipinski definition) is 4. The van der Waals surface area contributed by atoms with Crippen LogP contribution in [0.1, 0.15) is 29.2 Å². The summed E-state index contributed by atoms with van der Waals surface area (Å²) in [6.45, 7) is 5.48. The van der Waals surface area contributed by atoms with Crippen LogP contribution < -0.4 is 9.62 Å². The van der Waals surface area contributed by atoms with Gasteiger partial charge in [0.05, 0.1) is 20.6 Å². The van der Waals surface area contributed by atoms with Crippen LogP contribution in [0.2, 0.25) is 10.0 Å². The zero-order valence-electron chi connectivity index (χ0n) is 24.8. The van der Waals surface area contributed by atoms with E-state index in [9.17, 15) is 18.0 Å². The van der Waals surface area contributed by atoms with Gasteiger partial charge in [0.1, 0.15) is 12.6 Å². The van der Waals surface area contributed by atoms with Crippen LogP contribution in [-0.2, 0) is 32.6 Å². The van der Waals surface area contributed by atoms with E-state index >= 15 is 0 Å². The molecule has 1 atom stereocenters. The molecule has 0 aliphatic heterocycles. The van der Waals surface area contributed by atoms with Gasteiger partial charge < -0.3 is 10.2 Å². The SMILES string of the molecule is CCNC(=O)[C@@H](Cc1ccccc1)N(Cc1ccccc1C)C(=O)CN(c1ccc(Cl)c(Cl)c1)S(=O)(=O)c1ccc(C)cc1. The third kappa shape index (κ3) is 8.00.